The minimum atomic E-state index is -0.426. The second kappa shape index (κ2) is 11.0. The van der Waals surface area contributed by atoms with E-state index in [2.05, 4.69) is 54.8 Å². The van der Waals surface area contributed by atoms with Crippen LogP contribution in [0.25, 0.3) is 21.8 Å². The Hall–Kier alpha value is -3.25. The van der Waals surface area contributed by atoms with Gasteiger partial charge in [-0.1, -0.05) is 43.5 Å². The third-order valence-corrected chi connectivity index (χ3v) is 7.08. The fourth-order valence-electron chi connectivity index (χ4n) is 4.56. The fourth-order valence-corrected chi connectivity index (χ4v) is 5.25. The van der Waals surface area contributed by atoms with Gasteiger partial charge in [-0.2, -0.15) is 0 Å². The number of thiophene rings is 1. The number of ketones is 1. The molecule has 4 rings (SSSR count). The van der Waals surface area contributed by atoms with Gasteiger partial charge >= 0.3 is 5.97 Å². The number of unbranched alkanes of at least 4 members (excludes halogenated alkanes) is 3. The van der Waals surface area contributed by atoms with Gasteiger partial charge in [0.05, 0.1) is 10.6 Å². The predicted octanol–water partition coefficient (Wildman–Crippen LogP) is 7.91. The molecule has 0 spiro atoms. The molecule has 0 fully saturated rings. The van der Waals surface area contributed by atoms with Crippen molar-refractivity contribution in [1.29, 1.82) is 0 Å². The van der Waals surface area contributed by atoms with Crippen LogP contribution in [-0.4, -0.2) is 22.0 Å². The van der Waals surface area contributed by atoms with E-state index in [1.807, 2.05) is 29.6 Å². The standard InChI is InChI=1S/C29H32N2O3S/c1-5-6-7-8-10-25(30-34-20(4)32)21-12-14-26-23(17-21)24-18-22(29(33)28-11-9-16-35-28)13-15-27(24)31(26)19(2)3/h9,11-19H,5-8,10H2,1-4H3/b30-25+. The van der Waals surface area contributed by atoms with Gasteiger partial charge in [0.15, 0.2) is 0 Å². The molecule has 2 aromatic heterocycles. The summed E-state index contributed by atoms with van der Waals surface area (Å²) in [5.74, 6) is -0.387. The summed E-state index contributed by atoms with van der Waals surface area (Å²) in [4.78, 5) is 30.3. The summed E-state index contributed by atoms with van der Waals surface area (Å²) in [6.07, 6.45) is 5.16. The van der Waals surface area contributed by atoms with Gasteiger partial charge in [0.1, 0.15) is 0 Å². The number of aromatic nitrogens is 1. The van der Waals surface area contributed by atoms with Gasteiger partial charge in [0.25, 0.3) is 0 Å². The van der Waals surface area contributed by atoms with E-state index in [9.17, 15) is 9.59 Å². The van der Waals surface area contributed by atoms with Crippen LogP contribution >= 0.6 is 11.3 Å². The Morgan fingerprint density at radius 1 is 0.971 bits per heavy atom. The molecule has 5 nitrogen and oxygen atoms in total. The van der Waals surface area contributed by atoms with Crippen molar-refractivity contribution in [3.8, 4) is 0 Å². The van der Waals surface area contributed by atoms with E-state index in [0.29, 0.717) is 5.56 Å². The normalized spacial score (nSPS) is 12.1. The maximum Gasteiger partial charge on any atom is 0.331 e. The smallest absolute Gasteiger partial charge is 0.331 e. The zero-order valence-electron chi connectivity index (χ0n) is 20.8. The first-order valence-electron chi connectivity index (χ1n) is 12.3. The number of carbonyl (C=O) groups is 2. The average Bonchev–Trinajstić information content (AvgIpc) is 3.49. The zero-order chi connectivity index (χ0) is 24.9. The van der Waals surface area contributed by atoms with E-state index < -0.39 is 5.97 Å². The van der Waals surface area contributed by atoms with Crippen LogP contribution < -0.4 is 0 Å². The van der Waals surface area contributed by atoms with Gasteiger partial charge < -0.3 is 9.40 Å². The first-order valence-corrected chi connectivity index (χ1v) is 13.2. The lowest BCUT2D eigenvalue weighted by Crippen LogP contribution is -2.05. The number of carbonyl (C=O) groups excluding carboxylic acids is 2. The molecule has 0 aliphatic heterocycles. The maximum absolute atomic E-state index is 13.1. The summed E-state index contributed by atoms with van der Waals surface area (Å²) >= 11 is 1.46. The molecule has 0 saturated heterocycles. The Labute approximate surface area is 210 Å². The number of nitrogens with zero attached hydrogens (tertiary/aromatic N) is 2. The van der Waals surface area contributed by atoms with Crippen LogP contribution in [0.4, 0.5) is 0 Å². The second-order valence-electron chi connectivity index (χ2n) is 9.17. The summed E-state index contributed by atoms with van der Waals surface area (Å²) in [5.41, 5.74) is 4.60. The molecule has 0 aliphatic rings. The van der Waals surface area contributed by atoms with Gasteiger partial charge in [-0.05, 0) is 68.5 Å². The Morgan fingerprint density at radius 2 is 1.66 bits per heavy atom. The largest absolute Gasteiger partial charge is 0.338 e. The molecular weight excluding hydrogens is 456 g/mol. The lowest BCUT2D eigenvalue weighted by Gasteiger charge is -2.12. The summed E-state index contributed by atoms with van der Waals surface area (Å²) < 4.78 is 2.30. The Kier molecular flexibility index (Phi) is 7.81. The zero-order valence-corrected chi connectivity index (χ0v) is 21.7. The molecular formula is C29H32N2O3S. The van der Waals surface area contributed by atoms with E-state index >= 15 is 0 Å². The third-order valence-electron chi connectivity index (χ3n) is 6.21. The first-order chi connectivity index (χ1) is 16.9. The summed E-state index contributed by atoms with van der Waals surface area (Å²) in [5, 5.41) is 8.23. The Bertz CT molecular complexity index is 1380. The summed E-state index contributed by atoms with van der Waals surface area (Å²) in [6, 6.07) is 16.3. The minimum Gasteiger partial charge on any atom is -0.338 e. The fraction of sp³-hybridized carbons (Fsp3) is 0.345. The van der Waals surface area contributed by atoms with Crippen LogP contribution in [0.5, 0.6) is 0 Å². The van der Waals surface area contributed by atoms with Crippen molar-refractivity contribution >= 4 is 50.6 Å². The summed E-state index contributed by atoms with van der Waals surface area (Å²) in [6.45, 7) is 7.88. The molecule has 182 valence electrons. The summed E-state index contributed by atoms with van der Waals surface area (Å²) in [7, 11) is 0. The highest BCUT2D eigenvalue weighted by Gasteiger charge is 2.18. The van der Waals surface area contributed by atoms with Crippen LogP contribution in [0.1, 0.15) is 86.6 Å². The Balaban J connectivity index is 1.83. The molecule has 0 N–H and O–H groups in total. The van der Waals surface area contributed by atoms with E-state index in [1.54, 1.807) is 0 Å². The van der Waals surface area contributed by atoms with Crippen LogP contribution in [0.15, 0.2) is 59.1 Å². The monoisotopic (exact) mass is 488 g/mol. The van der Waals surface area contributed by atoms with Crippen molar-refractivity contribution in [2.45, 2.75) is 65.8 Å². The molecule has 0 radical (unpaired) electrons. The molecule has 0 bridgehead atoms. The van der Waals surface area contributed by atoms with Gasteiger partial charge in [0, 0.05) is 45.9 Å². The van der Waals surface area contributed by atoms with Crippen molar-refractivity contribution in [1.82, 2.24) is 4.57 Å². The molecule has 0 amide bonds. The maximum atomic E-state index is 13.1. The first kappa shape index (κ1) is 24.9. The van der Waals surface area contributed by atoms with Crippen LogP contribution in [0.3, 0.4) is 0 Å². The SMILES string of the molecule is CCCCCC/C(=N\OC(C)=O)c1ccc2c(c1)c1cc(C(=O)c3cccs3)ccc1n2C(C)C. The van der Waals surface area contributed by atoms with Crippen LogP contribution in [0.2, 0.25) is 0 Å². The van der Waals surface area contributed by atoms with E-state index in [4.69, 9.17) is 4.84 Å². The minimum absolute atomic E-state index is 0.0385. The molecule has 6 heteroatoms. The lowest BCUT2D eigenvalue weighted by atomic mass is 10.00. The number of hydrogen-bond acceptors (Lipinski definition) is 5. The molecule has 0 atom stereocenters. The molecule has 0 aliphatic carbocycles. The van der Waals surface area contributed by atoms with Crippen molar-refractivity contribution in [3.05, 3.63) is 69.9 Å². The highest BCUT2D eigenvalue weighted by Crippen LogP contribution is 2.34. The molecule has 2 aromatic carbocycles. The van der Waals surface area contributed by atoms with E-state index in [1.165, 1.54) is 24.7 Å². The third kappa shape index (κ3) is 5.38. The molecule has 2 heterocycles. The molecule has 35 heavy (non-hydrogen) atoms. The number of benzene rings is 2. The van der Waals surface area contributed by atoms with Crippen LogP contribution in [0, 0.1) is 0 Å². The van der Waals surface area contributed by atoms with Crippen molar-refractivity contribution < 1.29 is 14.4 Å². The van der Waals surface area contributed by atoms with Crippen molar-refractivity contribution in [2.75, 3.05) is 0 Å². The topological polar surface area (TPSA) is 60.7 Å². The molecule has 0 unspecified atom stereocenters. The van der Waals surface area contributed by atoms with E-state index in [0.717, 1.165) is 63.6 Å². The second-order valence-corrected chi connectivity index (χ2v) is 10.1. The number of oxime groups is 1. The van der Waals surface area contributed by atoms with Crippen LogP contribution in [-0.2, 0) is 9.63 Å². The van der Waals surface area contributed by atoms with Gasteiger partial charge in [-0.25, -0.2) is 4.79 Å². The predicted molar refractivity (Wildman–Crippen MR) is 145 cm³/mol. The van der Waals surface area contributed by atoms with Crippen molar-refractivity contribution in [2.24, 2.45) is 5.16 Å². The average molecular weight is 489 g/mol. The van der Waals surface area contributed by atoms with E-state index in [-0.39, 0.29) is 11.8 Å². The molecule has 4 aromatic rings. The van der Waals surface area contributed by atoms with Gasteiger partial charge in [0.2, 0.25) is 5.78 Å². The highest BCUT2D eigenvalue weighted by atomic mass is 32.1. The highest BCUT2D eigenvalue weighted by molar-refractivity contribution is 7.12. The van der Waals surface area contributed by atoms with Gasteiger partial charge in [-0.3, -0.25) is 4.79 Å². The number of rotatable bonds is 10. The lowest BCUT2D eigenvalue weighted by molar-refractivity contribution is -0.140. The quantitative estimate of drug-likeness (QED) is 0.0749. The Morgan fingerprint density at radius 3 is 2.26 bits per heavy atom. The number of hydrogen-bond donors (Lipinski definition) is 0. The van der Waals surface area contributed by atoms with Gasteiger partial charge in [-0.15, -0.1) is 11.3 Å². The number of fused-ring (bicyclic) bond motifs is 3. The van der Waals surface area contributed by atoms with Crippen molar-refractivity contribution in [3.63, 3.8) is 0 Å². The molecule has 0 saturated carbocycles.